The predicted octanol–water partition coefficient (Wildman–Crippen LogP) is 3.05. The Morgan fingerprint density at radius 3 is 2.92 bits per heavy atom. The van der Waals surface area contributed by atoms with Crippen molar-refractivity contribution in [2.24, 2.45) is 0 Å². The summed E-state index contributed by atoms with van der Waals surface area (Å²) in [4.78, 5) is 6.36. The molecule has 1 fully saturated rings. The molecule has 5 nitrogen and oxygen atoms in total. The normalized spacial score (nSPS) is 20.5. The van der Waals surface area contributed by atoms with Crippen LogP contribution in [-0.2, 0) is 0 Å². The van der Waals surface area contributed by atoms with Gasteiger partial charge in [0.1, 0.15) is 6.17 Å². The Bertz CT molecular complexity index is 821. The number of hydrogen-bond donors (Lipinski definition) is 1. The number of nitrogens with one attached hydrogen (secondary N) is 1. The van der Waals surface area contributed by atoms with Gasteiger partial charge in [0.2, 0.25) is 0 Å². The Morgan fingerprint density at radius 1 is 1.12 bits per heavy atom. The molecule has 0 unspecified atom stereocenters. The summed E-state index contributed by atoms with van der Waals surface area (Å²) < 4.78 is 14.0. The molecule has 24 heavy (non-hydrogen) atoms. The molecule has 1 aliphatic heterocycles. The van der Waals surface area contributed by atoms with Crippen molar-refractivity contribution in [3.63, 3.8) is 0 Å². The van der Waals surface area contributed by atoms with Crippen molar-refractivity contribution in [1.29, 1.82) is 0 Å². The Kier molecular flexibility index (Phi) is 3.94. The van der Waals surface area contributed by atoms with Crippen molar-refractivity contribution >= 4 is 22.4 Å². The molecule has 0 aliphatic carbocycles. The Labute approximate surface area is 139 Å². The zero-order valence-electron chi connectivity index (χ0n) is 13.1. The summed E-state index contributed by atoms with van der Waals surface area (Å²) >= 11 is 0. The smallest absolute Gasteiger partial charge is 0.151 e. The van der Waals surface area contributed by atoms with Crippen molar-refractivity contribution in [3.05, 3.63) is 54.9 Å². The van der Waals surface area contributed by atoms with Gasteiger partial charge in [0.15, 0.2) is 5.82 Å². The Morgan fingerprint density at radius 2 is 2.04 bits per heavy atom. The van der Waals surface area contributed by atoms with Crippen LogP contribution in [0.5, 0.6) is 0 Å². The molecule has 0 bridgehead atoms. The van der Waals surface area contributed by atoms with E-state index in [9.17, 15) is 4.39 Å². The van der Waals surface area contributed by atoms with Gasteiger partial charge in [-0.1, -0.05) is 18.2 Å². The lowest BCUT2D eigenvalue weighted by Crippen LogP contribution is -2.35. The van der Waals surface area contributed by atoms with Gasteiger partial charge in [0.25, 0.3) is 0 Å². The SMILES string of the molecule is F[C@H]1C[C@@H](CNc2ccnc3ccccc23)N(c2cccnn2)C1. The number of rotatable bonds is 4. The van der Waals surface area contributed by atoms with Crippen LogP contribution in [0.15, 0.2) is 54.9 Å². The lowest BCUT2D eigenvalue weighted by atomic mass is 10.1. The van der Waals surface area contributed by atoms with Crippen LogP contribution >= 0.6 is 0 Å². The molecule has 122 valence electrons. The summed E-state index contributed by atoms with van der Waals surface area (Å²) in [5.74, 6) is 0.726. The molecule has 0 amide bonds. The van der Waals surface area contributed by atoms with Crippen molar-refractivity contribution in [3.8, 4) is 0 Å². The van der Waals surface area contributed by atoms with Gasteiger partial charge < -0.3 is 10.2 Å². The minimum absolute atomic E-state index is 0.0450. The quantitative estimate of drug-likeness (QED) is 0.800. The zero-order chi connectivity index (χ0) is 16.4. The first-order valence-corrected chi connectivity index (χ1v) is 8.07. The second-order valence-electron chi connectivity index (χ2n) is 5.98. The van der Waals surface area contributed by atoms with Gasteiger partial charge >= 0.3 is 0 Å². The Balaban J connectivity index is 1.54. The van der Waals surface area contributed by atoms with Crippen LogP contribution in [0, 0.1) is 0 Å². The fourth-order valence-corrected chi connectivity index (χ4v) is 3.26. The fourth-order valence-electron chi connectivity index (χ4n) is 3.26. The number of fused-ring (bicyclic) bond motifs is 1. The number of nitrogens with zero attached hydrogens (tertiary/aromatic N) is 4. The van der Waals surface area contributed by atoms with Gasteiger partial charge in [-0.3, -0.25) is 4.98 Å². The van der Waals surface area contributed by atoms with Crippen molar-refractivity contribution in [1.82, 2.24) is 15.2 Å². The summed E-state index contributed by atoms with van der Waals surface area (Å²) in [7, 11) is 0. The third-order valence-corrected chi connectivity index (χ3v) is 4.39. The maximum atomic E-state index is 14.0. The van der Waals surface area contributed by atoms with E-state index in [1.165, 1.54) is 0 Å². The minimum atomic E-state index is -0.840. The standard InChI is InChI=1S/C18H18FN5/c19-13-10-14(24(12-13)18-6-3-8-22-23-18)11-21-17-7-9-20-16-5-2-1-4-15(16)17/h1-9,13-14H,10-12H2,(H,20,21)/t13-,14-/m0/s1. The van der Waals surface area contributed by atoms with Crippen LogP contribution in [-0.4, -0.2) is 40.5 Å². The van der Waals surface area contributed by atoms with E-state index in [4.69, 9.17) is 0 Å². The van der Waals surface area contributed by atoms with Gasteiger partial charge in [-0.2, -0.15) is 5.10 Å². The summed E-state index contributed by atoms with van der Waals surface area (Å²) in [5, 5.41) is 12.6. The van der Waals surface area contributed by atoms with Crippen LogP contribution in [0.1, 0.15) is 6.42 Å². The highest BCUT2D eigenvalue weighted by atomic mass is 19.1. The van der Waals surface area contributed by atoms with Crippen LogP contribution < -0.4 is 10.2 Å². The summed E-state index contributed by atoms with van der Waals surface area (Å²) in [6.07, 6.45) is 3.07. The highest BCUT2D eigenvalue weighted by Crippen LogP contribution is 2.27. The highest BCUT2D eigenvalue weighted by Gasteiger charge is 2.33. The predicted molar refractivity (Wildman–Crippen MR) is 92.9 cm³/mol. The number of anilines is 2. The van der Waals surface area contributed by atoms with Gasteiger partial charge in [-0.15, -0.1) is 5.10 Å². The van der Waals surface area contributed by atoms with Gasteiger partial charge in [-0.05, 0) is 24.3 Å². The molecule has 0 saturated carbocycles. The van der Waals surface area contributed by atoms with Crippen LogP contribution in [0.2, 0.25) is 0 Å². The van der Waals surface area contributed by atoms with E-state index in [0.717, 1.165) is 22.4 Å². The van der Waals surface area contributed by atoms with Crippen molar-refractivity contribution in [2.45, 2.75) is 18.6 Å². The van der Waals surface area contributed by atoms with E-state index in [-0.39, 0.29) is 6.04 Å². The molecule has 0 spiro atoms. The lowest BCUT2D eigenvalue weighted by molar-refractivity contribution is 0.357. The number of alkyl halides is 1. The molecule has 2 aromatic heterocycles. The molecular weight excluding hydrogens is 305 g/mol. The van der Waals surface area contributed by atoms with Crippen molar-refractivity contribution < 1.29 is 4.39 Å². The highest BCUT2D eigenvalue weighted by molar-refractivity contribution is 5.90. The molecule has 2 atom stereocenters. The minimum Gasteiger partial charge on any atom is -0.382 e. The average Bonchev–Trinajstić information content (AvgIpc) is 3.01. The fraction of sp³-hybridized carbons (Fsp3) is 0.278. The third-order valence-electron chi connectivity index (χ3n) is 4.39. The maximum Gasteiger partial charge on any atom is 0.151 e. The second kappa shape index (κ2) is 6.39. The van der Waals surface area contributed by atoms with E-state index in [2.05, 4.69) is 20.5 Å². The number of pyridine rings is 1. The summed E-state index contributed by atoms with van der Waals surface area (Å²) in [5.41, 5.74) is 1.96. The van der Waals surface area contributed by atoms with Crippen molar-refractivity contribution in [2.75, 3.05) is 23.3 Å². The van der Waals surface area contributed by atoms with E-state index in [1.807, 2.05) is 47.4 Å². The monoisotopic (exact) mass is 323 g/mol. The average molecular weight is 323 g/mol. The number of aromatic nitrogens is 3. The Hall–Kier alpha value is -2.76. The first-order chi connectivity index (χ1) is 11.8. The van der Waals surface area contributed by atoms with Gasteiger partial charge in [0.05, 0.1) is 18.1 Å². The van der Waals surface area contributed by atoms with E-state index < -0.39 is 6.17 Å². The molecule has 6 heteroatoms. The molecule has 0 radical (unpaired) electrons. The first-order valence-electron chi connectivity index (χ1n) is 8.07. The number of para-hydroxylation sites is 1. The number of halogens is 1. The molecule has 1 aromatic carbocycles. The molecule has 3 aromatic rings. The van der Waals surface area contributed by atoms with Crippen LogP contribution in [0.3, 0.4) is 0 Å². The summed E-state index contributed by atoms with van der Waals surface area (Å²) in [6, 6.07) is 13.7. The molecule has 1 N–H and O–H groups in total. The van der Waals surface area contributed by atoms with Crippen LogP contribution in [0.4, 0.5) is 15.9 Å². The number of benzene rings is 1. The largest absolute Gasteiger partial charge is 0.382 e. The maximum absolute atomic E-state index is 14.0. The molecule has 1 saturated heterocycles. The van der Waals surface area contributed by atoms with E-state index in [1.54, 1.807) is 12.4 Å². The third kappa shape index (κ3) is 2.87. The van der Waals surface area contributed by atoms with Crippen LogP contribution in [0.25, 0.3) is 10.9 Å². The van der Waals surface area contributed by atoms with Gasteiger partial charge in [0, 0.05) is 36.4 Å². The molecule has 3 heterocycles. The van der Waals surface area contributed by atoms with Gasteiger partial charge in [-0.25, -0.2) is 4.39 Å². The molecule has 1 aliphatic rings. The first kappa shape index (κ1) is 14.8. The summed E-state index contributed by atoms with van der Waals surface area (Å²) in [6.45, 7) is 1.01. The second-order valence-corrected chi connectivity index (χ2v) is 5.98. The number of hydrogen-bond acceptors (Lipinski definition) is 5. The van der Waals surface area contributed by atoms with E-state index in [0.29, 0.717) is 19.5 Å². The zero-order valence-corrected chi connectivity index (χ0v) is 13.1. The lowest BCUT2D eigenvalue weighted by Gasteiger charge is -2.25. The molecular formula is C18H18FN5. The van der Waals surface area contributed by atoms with E-state index >= 15 is 0 Å². The topological polar surface area (TPSA) is 53.9 Å². The molecule has 4 rings (SSSR count).